The van der Waals surface area contributed by atoms with Crippen molar-refractivity contribution in [1.82, 2.24) is 10.2 Å². The summed E-state index contributed by atoms with van der Waals surface area (Å²) in [4.78, 5) is 25.3. The average molecular weight is 268 g/mol. The zero-order chi connectivity index (χ0) is 13.3. The van der Waals surface area contributed by atoms with E-state index in [2.05, 4.69) is 5.32 Å². The molecule has 6 heteroatoms. The molecule has 0 spiro atoms. The minimum atomic E-state index is -0.876. The van der Waals surface area contributed by atoms with Crippen molar-refractivity contribution in [3.8, 4) is 0 Å². The maximum absolute atomic E-state index is 11.8. The Hall–Kier alpha value is -1.56. The third kappa shape index (κ3) is 2.48. The molecule has 2 unspecified atom stereocenters. The van der Waals surface area contributed by atoms with Crippen LogP contribution < -0.4 is 5.32 Å². The first kappa shape index (κ1) is 12.9. The number of rotatable bonds is 4. The van der Waals surface area contributed by atoms with Gasteiger partial charge in [0.1, 0.15) is 0 Å². The topological polar surface area (TPSA) is 69.6 Å². The van der Waals surface area contributed by atoms with E-state index in [1.165, 1.54) is 5.56 Å². The zero-order valence-electron chi connectivity index (χ0n) is 10.3. The molecule has 98 valence electrons. The molecule has 2 N–H and O–H groups in total. The number of carbonyl (C=O) groups is 2. The fourth-order valence-electron chi connectivity index (χ4n) is 2.05. The van der Waals surface area contributed by atoms with Gasteiger partial charge in [-0.15, -0.1) is 11.3 Å². The fraction of sp³-hybridized carbons (Fsp3) is 0.500. The molecule has 0 aromatic carbocycles. The largest absolute Gasteiger partial charge is 0.481 e. The Balaban J connectivity index is 2.03. The van der Waals surface area contributed by atoms with E-state index >= 15 is 0 Å². The molecule has 2 rings (SSSR count). The summed E-state index contributed by atoms with van der Waals surface area (Å²) in [7, 11) is 0. The molecule has 18 heavy (non-hydrogen) atoms. The number of carboxylic acid groups (broad SMARTS) is 1. The number of aliphatic carboxylic acids is 1. The monoisotopic (exact) mass is 268 g/mol. The van der Waals surface area contributed by atoms with Gasteiger partial charge in [-0.2, -0.15) is 0 Å². The van der Waals surface area contributed by atoms with Crippen LogP contribution in [0.2, 0.25) is 0 Å². The molecule has 2 amide bonds. The summed E-state index contributed by atoms with van der Waals surface area (Å²) in [5.41, 5.74) is 1.17. The van der Waals surface area contributed by atoms with Gasteiger partial charge in [0.25, 0.3) is 0 Å². The van der Waals surface area contributed by atoms with Gasteiger partial charge in [0, 0.05) is 18.0 Å². The van der Waals surface area contributed by atoms with E-state index in [0.717, 1.165) is 4.88 Å². The van der Waals surface area contributed by atoms with Gasteiger partial charge in [0.15, 0.2) is 0 Å². The predicted molar refractivity (Wildman–Crippen MR) is 68.7 cm³/mol. The molecule has 1 aliphatic heterocycles. The summed E-state index contributed by atoms with van der Waals surface area (Å²) in [6.07, 6.45) is 0. The lowest BCUT2D eigenvalue weighted by atomic mass is 10.1. The maximum Gasteiger partial charge on any atom is 0.318 e. The standard InChI is InChI=1S/C12H16N2O3S/c1-7-3-4-18-10(7)9-6-14(12(17)13-9)5-8(2)11(15)16/h3-4,8-9H,5-6H2,1-2H3,(H,13,17)(H,15,16). The molecular weight excluding hydrogens is 252 g/mol. The van der Waals surface area contributed by atoms with Crippen LogP contribution in [0.4, 0.5) is 4.79 Å². The number of carbonyl (C=O) groups excluding carboxylic acids is 1. The second-order valence-corrected chi connectivity index (χ2v) is 5.56. The van der Waals surface area contributed by atoms with Crippen molar-refractivity contribution in [1.29, 1.82) is 0 Å². The summed E-state index contributed by atoms with van der Waals surface area (Å²) in [5.74, 6) is -1.42. The number of aryl methyl sites for hydroxylation is 1. The van der Waals surface area contributed by atoms with Crippen LogP contribution in [-0.2, 0) is 4.79 Å². The minimum Gasteiger partial charge on any atom is -0.481 e. The van der Waals surface area contributed by atoms with Crippen LogP contribution in [0.15, 0.2) is 11.4 Å². The smallest absolute Gasteiger partial charge is 0.318 e. The molecule has 0 aliphatic carbocycles. The number of hydrogen-bond acceptors (Lipinski definition) is 3. The highest BCUT2D eigenvalue weighted by atomic mass is 32.1. The predicted octanol–water partition coefficient (Wildman–Crippen LogP) is 1.84. The molecule has 2 heterocycles. The maximum atomic E-state index is 11.8. The lowest BCUT2D eigenvalue weighted by Crippen LogP contribution is -2.34. The van der Waals surface area contributed by atoms with Crippen molar-refractivity contribution in [2.24, 2.45) is 5.92 Å². The van der Waals surface area contributed by atoms with Gasteiger partial charge in [-0.3, -0.25) is 4.79 Å². The van der Waals surface area contributed by atoms with Crippen molar-refractivity contribution in [3.63, 3.8) is 0 Å². The summed E-state index contributed by atoms with van der Waals surface area (Å²) < 4.78 is 0. The zero-order valence-corrected chi connectivity index (χ0v) is 11.2. The lowest BCUT2D eigenvalue weighted by molar-refractivity contribution is -0.141. The number of hydrogen-bond donors (Lipinski definition) is 2. The molecule has 1 saturated heterocycles. The highest BCUT2D eigenvalue weighted by Crippen LogP contribution is 2.28. The summed E-state index contributed by atoms with van der Waals surface area (Å²) >= 11 is 1.62. The first-order chi connectivity index (χ1) is 8.49. The molecule has 0 bridgehead atoms. The molecule has 2 atom stereocenters. The Labute approximate surface area is 109 Å². The van der Waals surface area contributed by atoms with Crippen LogP contribution in [0, 0.1) is 12.8 Å². The van der Waals surface area contributed by atoms with Gasteiger partial charge < -0.3 is 15.3 Å². The van der Waals surface area contributed by atoms with E-state index in [1.54, 1.807) is 23.2 Å². The molecular formula is C12H16N2O3S. The third-order valence-electron chi connectivity index (χ3n) is 3.12. The SMILES string of the molecule is Cc1ccsc1C1CN(CC(C)C(=O)O)C(=O)N1. The number of amides is 2. The highest BCUT2D eigenvalue weighted by molar-refractivity contribution is 7.10. The van der Waals surface area contributed by atoms with Crippen LogP contribution in [0.3, 0.4) is 0 Å². The molecule has 0 saturated carbocycles. The summed E-state index contributed by atoms with van der Waals surface area (Å²) in [5, 5.41) is 13.8. The molecule has 1 aromatic rings. The number of nitrogens with one attached hydrogen (secondary N) is 1. The Bertz CT molecular complexity index is 472. The first-order valence-electron chi connectivity index (χ1n) is 5.81. The normalized spacial score (nSPS) is 20.9. The quantitative estimate of drug-likeness (QED) is 0.875. The number of carboxylic acids is 1. The third-order valence-corrected chi connectivity index (χ3v) is 4.25. The average Bonchev–Trinajstić information content (AvgIpc) is 2.86. The van der Waals surface area contributed by atoms with Gasteiger partial charge in [-0.05, 0) is 23.9 Å². The number of urea groups is 1. The number of thiophene rings is 1. The second-order valence-electron chi connectivity index (χ2n) is 4.61. The van der Waals surface area contributed by atoms with Crippen LogP contribution >= 0.6 is 11.3 Å². The number of nitrogens with zero attached hydrogens (tertiary/aromatic N) is 1. The molecule has 1 aromatic heterocycles. The highest BCUT2D eigenvalue weighted by Gasteiger charge is 2.32. The van der Waals surface area contributed by atoms with E-state index in [1.807, 2.05) is 18.4 Å². The molecule has 1 fully saturated rings. The van der Waals surface area contributed by atoms with Crippen molar-refractivity contribution >= 4 is 23.3 Å². The lowest BCUT2D eigenvalue weighted by Gasteiger charge is -2.17. The fourth-order valence-corrected chi connectivity index (χ4v) is 3.02. The Morgan fingerprint density at radius 1 is 1.72 bits per heavy atom. The summed E-state index contributed by atoms with van der Waals surface area (Å²) in [6.45, 7) is 4.42. The van der Waals surface area contributed by atoms with Crippen molar-refractivity contribution in [2.75, 3.05) is 13.1 Å². The molecule has 1 aliphatic rings. The van der Waals surface area contributed by atoms with Gasteiger partial charge in [-0.25, -0.2) is 4.79 Å². The van der Waals surface area contributed by atoms with Crippen LogP contribution in [0.25, 0.3) is 0 Å². The molecule has 0 radical (unpaired) electrons. The van der Waals surface area contributed by atoms with E-state index in [0.29, 0.717) is 6.54 Å². The van der Waals surface area contributed by atoms with Crippen LogP contribution in [0.5, 0.6) is 0 Å². The van der Waals surface area contributed by atoms with Crippen molar-refractivity contribution in [3.05, 3.63) is 21.9 Å². The van der Waals surface area contributed by atoms with Crippen LogP contribution in [0.1, 0.15) is 23.4 Å². The first-order valence-corrected chi connectivity index (χ1v) is 6.69. The van der Waals surface area contributed by atoms with E-state index < -0.39 is 11.9 Å². The van der Waals surface area contributed by atoms with E-state index in [9.17, 15) is 9.59 Å². The van der Waals surface area contributed by atoms with Crippen molar-refractivity contribution in [2.45, 2.75) is 19.9 Å². The molecule has 5 nitrogen and oxygen atoms in total. The van der Waals surface area contributed by atoms with Crippen LogP contribution in [-0.4, -0.2) is 35.1 Å². The van der Waals surface area contributed by atoms with E-state index in [-0.39, 0.29) is 18.6 Å². The Kier molecular flexibility index (Phi) is 3.56. The summed E-state index contributed by atoms with van der Waals surface area (Å²) in [6, 6.07) is 1.83. The van der Waals surface area contributed by atoms with Gasteiger partial charge in [0.2, 0.25) is 0 Å². The van der Waals surface area contributed by atoms with Gasteiger partial charge in [0.05, 0.1) is 12.0 Å². The Morgan fingerprint density at radius 2 is 2.44 bits per heavy atom. The van der Waals surface area contributed by atoms with Crippen molar-refractivity contribution < 1.29 is 14.7 Å². The van der Waals surface area contributed by atoms with Gasteiger partial charge in [-0.1, -0.05) is 6.92 Å². The Morgan fingerprint density at radius 3 is 3.00 bits per heavy atom. The minimum absolute atomic E-state index is 0.0153. The van der Waals surface area contributed by atoms with E-state index in [4.69, 9.17) is 5.11 Å². The van der Waals surface area contributed by atoms with Gasteiger partial charge >= 0.3 is 12.0 Å². The second kappa shape index (κ2) is 4.97.